The van der Waals surface area contributed by atoms with Gasteiger partial charge in [-0.1, -0.05) is 30.0 Å². The second-order valence-corrected chi connectivity index (χ2v) is 6.93. The maximum absolute atomic E-state index is 12.7. The number of H-pyrrole nitrogens is 1. The molecule has 0 atom stereocenters. The molecule has 0 unspecified atom stereocenters. The lowest BCUT2D eigenvalue weighted by Gasteiger charge is -2.29. The number of thioether (sulfide) groups is 1. The first-order valence-electron chi connectivity index (χ1n) is 8.09. The monoisotopic (exact) mass is 355 g/mol. The summed E-state index contributed by atoms with van der Waals surface area (Å²) in [5.41, 5.74) is 2.75. The summed E-state index contributed by atoms with van der Waals surface area (Å²) in [6.07, 6.45) is 1.98. The molecular weight excluding hydrogens is 338 g/mol. The highest BCUT2D eigenvalue weighted by atomic mass is 32.2. The van der Waals surface area contributed by atoms with Gasteiger partial charge in [0.2, 0.25) is 11.7 Å². The third kappa shape index (κ3) is 2.93. The number of fused-ring (bicyclic) bond motifs is 2. The minimum Gasteiger partial charge on any atom is -0.311 e. The third-order valence-electron chi connectivity index (χ3n) is 4.30. The summed E-state index contributed by atoms with van der Waals surface area (Å²) in [7, 11) is 0. The molecule has 1 aliphatic rings. The molecule has 1 amide bonds. The van der Waals surface area contributed by atoms with Gasteiger partial charge in [-0.05, 0) is 31.4 Å². The topological polar surface area (TPSA) is 83.4 Å². The van der Waals surface area contributed by atoms with Crippen LogP contribution in [0.25, 0.3) is 5.78 Å². The van der Waals surface area contributed by atoms with Crippen LogP contribution in [0.15, 0.2) is 40.3 Å². The number of aryl methyl sites for hydroxylation is 2. The molecule has 8 heteroatoms. The van der Waals surface area contributed by atoms with Gasteiger partial charge in [0.25, 0.3) is 5.56 Å². The molecule has 0 radical (unpaired) electrons. The Hall–Kier alpha value is -2.61. The summed E-state index contributed by atoms with van der Waals surface area (Å²) in [6.45, 7) is 2.56. The number of amides is 1. The van der Waals surface area contributed by atoms with Crippen LogP contribution in [0.4, 0.5) is 5.69 Å². The zero-order chi connectivity index (χ0) is 17.4. The fourth-order valence-electron chi connectivity index (χ4n) is 3.16. The van der Waals surface area contributed by atoms with Crippen LogP contribution < -0.4 is 10.5 Å². The molecule has 25 heavy (non-hydrogen) atoms. The highest BCUT2D eigenvalue weighted by Gasteiger charge is 2.22. The van der Waals surface area contributed by atoms with Gasteiger partial charge in [-0.2, -0.15) is 0 Å². The van der Waals surface area contributed by atoms with Gasteiger partial charge in [0.1, 0.15) is 0 Å². The van der Waals surface area contributed by atoms with Crippen molar-refractivity contribution in [2.45, 2.75) is 24.9 Å². The van der Waals surface area contributed by atoms with E-state index in [1.165, 1.54) is 23.4 Å². The van der Waals surface area contributed by atoms with Gasteiger partial charge >= 0.3 is 0 Å². The van der Waals surface area contributed by atoms with E-state index in [0.29, 0.717) is 10.9 Å². The normalized spacial score (nSPS) is 13.9. The standard InChI is InChI=1S/C17H17N5O2S/c1-11-9-14(23)18-16-19-20-17(22(11)16)25-10-15(24)21-8-4-6-12-5-2-3-7-13(12)21/h2-3,5,7,9H,4,6,8,10H2,1H3,(H,18,19,23). The number of carbonyl (C=O) groups is 1. The molecule has 0 saturated heterocycles. The minimum atomic E-state index is -0.213. The van der Waals surface area contributed by atoms with E-state index in [4.69, 9.17) is 0 Å². The lowest BCUT2D eigenvalue weighted by atomic mass is 10.0. The average molecular weight is 355 g/mol. The predicted molar refractivity (Wildman–Crippen MR) is 96.2 cm³/mol. The van der Waals surface area contributed by atoms with Crippen molar-refractivity contribution in [2.75, 3.05) is 17.2 Å². The molecule has 128 valence electrons. The van der Waals surface area contributed by atoms with Crippen molar-refractivity contribution in [3.8, 4) is 0 Å². The highest BCUT2D eigenvalue weighted by Crippen LogP contribution is 2.28. The number of aromatic nitrogens is 4. The van der Waals surface area contributed by atoms with Crippen molar-refractivity contribution in [3.05, 3.63) is 51.9 Å². The smallest absolute Gasteiger partial charge is 0.252 e. The van der Waals surface area contributed by atoms with E-state index in [9.17, 15) is 9.59 Å². The summed E-state index contributed by atoms with van der Waals surface area (Å²) in [6, 6.07) is 9.53. The van der Waals surface area contributed by atoms with Gasteiger partial charge in [0.05, 0.1) is 5.75 Å². The first kappa shape index (κ1) is 15.9. The van der Waals surface area contributed by atoms with Gasteiger partial charge in [0.15, 0.2) is 5.16 Å². The molecule has 3 aromatic rings. The quantitative estimate of drug-likeness (QED) is 0.724. The Bertz CT molecular complexity index is 1010. The van der Waals surface area contributed by atoms with E-state index in [1.807, 2.05) is 30.0 Å². The van der Waals surface area contributed by atoms with Crippen molar-refractivity contribution in [2.24, 2.45) is 0 Å². The second kappa shape index (κ2) is 6.36. The van der Waals surface area contributed by atoms with Gasteiger partial charge < -0.3 is 4.90 Å². The van der Waals surface area contributed by atoms with Crippen LogP contribution in [0.3, 0.4) is 0 Å². The van der Waals surface area contributed by atoms with E-state index in [2.05, 4.69) is 21.2 Å². The van der Waals surface area contributed by atoms with E-state index < -0.39 is 0 Å². The summed E-state index contributed by atoms with van der Waals surface area (Å²) >= 11 is 1.33. The largest absolute Gasteiger partial charge is 0.311 e. The molecule has 3 heterocycles. The molecule has 1 aromatic carbocycles. The number of anilines is 1. The van der Waals surface area contributed by atoms with Gasteiger partial charge in [-0.3, -0.25) is 19.0 Å². The first-order chi connectivity index (χ1) is 12.1. The number of carbonyl (C=O) groups excluding carboxylic acids is 1. The van der Waals surface area contributed by atoms with Crippen molar-refractivity contribution in [1.29, 1.82) is 0 Å². The highest BCUT2D eigenvalue weighted by molar-refractivity contribution is 7.99. The molecular formula is C17H17N5O2S. The van der Waals surface area contributed by atoms with Crippen molar-refractivity contribution >= 4 is 29.1 Å². The molecule has 0 aliphatic carbocycles. The Kier molecular flexibility index (Phi) is 4.04. The van der Waals surface area contributed by atoms with Crippen molar-refractivity contribution < 1.29 is 4.79 Å². The van der Waals surface area contributed by atoms with E-state index in [1.54, 1.807) is 4.40 Å². The fraction of sp³-hybridized carbons (Fsp3) is 0.294. The van der Waals surface area contributed by atoms with Crippen LogP contribution in [0.2, 0.25) is 0 Å². The van der Waals surface area contributed by atoms with Crippen LogP contribution in [-0.4, -0.2) is 37.8 Å². The second-order valence-electron chi connectivity index (χ2n) is 5.98. The number of aromatic amines is 1. The maximum atomic E-state index is 12.7. The minimum absolute atomic E-state index is 0.0518. The Morgan fingerprint density at radius 1 is 1.32 bits per heavy atom. The Morgan fingerprint density at radius 3 is 3.04 bits per heavy atom. The molecule has 0 fully saturated rings. The van der Waals surface area contributed by atoms with Gasteiger partial charge in [0, 0.05) is 24.0 Å². The van der Waals surface area contributed by atoms with Crippen LogP contribution in [0.1, 0.15) is 17.7 Å². The number of rotatable bonds is 3. The number of para-hydroxylation sites is 1. The SMILES string of the molecule is Cc1cc(=O)[nH]c2nnc(SCC(=O)N3CCCc4ccccc43)n12. The summed E-state index contributed by atoms with van der Waals surface area (Å²) < 4.78 is 1.75. The van der Waals surface area contributed by atoms with Crippen LogP contribution >= 0.6 is 11.8 Å². The van der Waals surface area contributed by atoms with E-state index in [0.717, 1.165) is 30.8 Å². The molecule has 0 bridgehead atoms. The maximum Gasteiger partial charge on any atom is 0.252 e. The fourth-order valence-corrected chi connectivity index (χ4v) is 4.03. The van der Waals surface area contributed by atoms with Crippen LogP contribution in [0, 0.1) is 6.92 Å². The number of hydrogen-bond acceptors (Lipinski definition) is 5. The summed E-state index contributed by atoms with van der Waals surface area (Å²) in [5, 5.41) is 8.67. The zero-order valence-corrected chi connectivity index (χ0v) is 14.5. The first-order valence-corrected chi connectivity index (χ1v) is 9.08. The van der Waals surface area contributed by atoms with Gasteiger partial charge in [-0.15, -0.1) is 10.2 Å². The van der Waals surface area contributed by atoms with E-state index >= 15 is 0 Å². The summed E-state index contributed by atoms with van der Waals surface area (Å²) in [5.74, 6) is 0.715. The van der Waals surface area contributed by atoms with Crippen molar-refractivity contribution in [3.63, 3.8) is 0 Å². The average Bonchev–Trinajstić information content (AvgIpc) is 3.02. The molecule has 1 N–H and O–H groups in total. The molecule has 0 saturated carbocycles. The Labute approximate surface area is 148 Å². The summed E-state index contributed by atoms with van der Waals surface area (Å²) in [4.78, 5) is 28.7. The predicted octanol–water partition coefficient (Wildman–Crippen LogP) is 1.80. The lowest BCUT2D eigenvalue weighted by molar-refractivity contribution is -0.116. The molecule has 0 spiro atoms. The Morgan fingerprint density at radius 2 is 2.16 bits per heavy atom. The number of benzene rings is 1. The molecule has 4 rings (SSSR count). The molecule has 7 nitrogen and oxygen atoms in total. The van der Waals surface area contributed by atoms with Crippen LogP contribution in [0.5, 0.6) is 0 Å². The lowest BCUT2D eigenvalue weighted by Crippen LogP contribution is -2.36. The number of hydrogen-bond donors (Lipinski definition) is 1. The number of nitrogens with one attached hydrogen (secondary N) is 1. The van der Waals surface area contributed by atoms with Gasteiger partial charge in [-0.25, -0.2) is 0 Å². The van der Waals surface area contributed by atoms with E-state index in [-0.39, 0.29) is 17.2 Å². The van der Waals surface area contributed by atoms with Crippen molar-refractivity contribution in [1.82, 2.24) is 19.6 Å². The zero-order valence-electron chi connectivity index (χ0n) is 13.7. The molecule has 2 aromatic heterocycles. The molecule has 1 aliphatic heterocycles. The third-order valence-corrected chi connectivity index (χ3v) is 5.21. The number of nitrogens with zero attached hydrogens (tertiary/aromatic N) is 4. The Balaban J connectivity index is 1.55. The van der Waals surface area contributed by atoms with Crippen LogP contribution in [-0.2, 0) is 11.2 Å².